The zero-order valence-corrected chi connectivity index (χ0v) is 17.8. The summed E-state index contributed by atoms with van der Waals surface area (Å²) in [6.45, 7) is 0. The van der Waals surface area contributed by atoms with Gasteiger partial charge in [-0.05, 0) is 48.6 Å². The molecule has 1 heterocycles. The number of fused-ring (bicyclic) bond motifs is 1. The Labute approximate surface area is 179 Å². The third-order valence-electron chi connectivity index (χ3n) is 4.27. The fraction of sp³-hybridized carbons (Fsp3) is 0.136. The molecule has 0 saturated carbocycles. The molecule has 3 rings (SSSR count). The molecule has 29 heavy (non-hydrogen) atoms. The van der Waals surface area contributed by atoms with Gasteiger partial charge in [-0.2, -0.15) is 0 Å². The number of carbonyl (C=O) groups excluding carboxylic acids is 1. The zero-order chi connectivity index (χ0) is 21.0. The van der Waals surface area contributed by atoms with Gasteiger partial charge in [-0.15, -0.1) is 0 Å². The standard InChI is InChI=1S/C22H21Cl2N3O2/c1-27(2)17-8-4-6-16(12-17)26-22(28)21(29-3)9-5-7-15-10-14-11-18(23)19(24)13-20(14)25-15/h4-13,25H,1-3H3,(H,26,28). The number of ether oxygens (including phenoxy) is 1. The van der Waals surface area contributed by atoms with Gasteiger partial charge in [0, 0.05) is 42.1 Å². The van der Waals surface area contributed by atoms with Gasteiger partial charge in [0.15, 0.2) is 5.76 Å². The van der Waals surface area contributed by atoms with Crippen LogP contribution in [0.25, 0.3) is 17.0 Å². The molecule has 3 aromatic rings. The number of H-pyrrole nitrogens is 1. The van der Waals surface area contributed by atoms with Crippen molar-refractivity contribution in [2.45, 2.75) is 0 Å². The Morgan fingerprint density at radius 3 is 2.62 bits per heavy atom. The van der Waals surface area contributed by atoms with Crippen LogP contribution in [0, 0.1) is 0 Å². The first-order valence-electron chi connectivity index (χ1n) is 8.86. The van der Waals surface area contributed by atoms with Crippen LogP contribution in [0.2, 0.25) is 10.0 Å². The van der Waals surface area contributed by atoms with Crippen LogP contribution < -0.4 is 10.2 Å². The summed E-state index contributed by atoms with van der Waals surface area (Å²) >= 11 is 12.1. The van der Waals surface area contributed by atoms with Crippen LogP contribution in [0.4, 0.5) is 11.4 Å². The summed E-state index contributed by atoms with van der Waals surface area (Å²) in [6, 6.07) is 13.1. The molecule has 2 N–H and O–H groups in total. The summed E-state index contributed by atoms with van der Waals surface area (Å²) in [7, 11) is 5.35. The molecule has 7 heteroatoms. The SMILES string of the molecule is COC(=CC=Cc1cc2cc(Cl)c(Cl)cc2[nH]1)C(=O)Nc1cccc(N(C)C)c1. The van der Waals surface area contributed by atoms with E-state index >= 15 is 0 Å². The Kier molecular flexibility index (Phi) is 6.52. The van der Waals surface area contributed by atoms with Crippen LogP contribution in [0.5, 0.6) is 0 Å². The van der Waals surface area contributed by atoms with Crippen LogP contribution in [0.15, 0.2) is 60.4 Å². The van der Waals surface area contributed by atoms with Crippen molar-refractivity contribution in [3.05, 3.63) is 76.1 Å². The number of benzene rings is 2. The maximum Gasteiger partial charge on any atom is 0.290 e. The molecule has 0 aliphatic carbocycles. The van der Waals surface area contributed by atoms with Gasteiger partial charge in [0.05, 0.1) is 17.2 Å². The third kappa shape index (κ3) is 5.13. The molecule has 0 fully saturated rings. The Hall–Kier alpha value is -2.89. The average molecular weight is 430 g/mol. The summed E-state index contributed by atoms with van der Waals surface area (Å²) < 4.78 is 5.23. The van der Waals surface area contributed by atoms with Crippen LogP contribution in [-0.4, -0.2) is 32.1 Å². The average Bonchev–Trinajstić information content (AvgIpc) is 3.07. The second-order valence-electron chi connectivity index (χ2n) is 6.57. The van der Waals surface area contributed by atoms with E-state index in [1.54, 1.807) is 24.3 Å². The molecule has 150 valence electrons. The maximum absolute atomic E-state index is 12.5. The van der Waals surface area contributed by atoms with Crippen molar-refractivity contribution in [3.63, 3.8) is 0 Å². The molecular weight excluding hydrogens is 409 g/mol. The van der Waals surface area contributed by atoms with Gasteiger partial charge in [0.25, 0.3) is 5.91 Å². The van der Waals surface area contributed by atoms with Gasteiger partial charge >= 0.3 is 0 Å². The van der Waals surface area contributed by atoms with E-state index in [-0.39, 0.29) is 11.7 Å². The number of nitrogens with one attached hydrogen (secondary N) is 2. The highest BCUT2D eigenvalue weighted by Crippen LogP contribution is 2.28. The molecular formula is C22H21Cl2N3O2. The Bertz CT molecular complexity index is 1060. The molecule has 0 spiro atoms. The predicted octanol–water partition coefficient (Wildman–Crippen LogP) is 5.72. The van der Waals surface area contributed by atoms with E-state index in [4.69, 9.17) is 27.9 Å². The molecule has 1 aromatic heterocycles. The van der Waals surface area contributed by atoms with Gasteiger partial charge in [-0.3, -0.25) is 4.79 Å². The van der Waals surface area contributed by atoms with Gasteiger partial charge in [0.1, 0.15) is 0 Å². The lowest BCUT2D eigenvalue weighted by molar-refractivity contribution is -0.115. The van der Waals surface area contributed by atoms with E-state index in [2.05, 4.69) is 10.3 Å². The minimum Gasteiger partial charge on any atom is -0.491 e. The molecule has 5 nitrogen and oxygen atoms in total. The molecule has 1 amide bonds. The van der Waals surface area contributed by atoms with Crippen LogP contribution in [-0.2, 0) is 9.53 Å². The second kappa shape index (κ2) is 9.07. The number of carbonyl (C=O) groups is 1. The van der Waals surface area contributed by atoms with Crippen molar-refractivity contribution in [3.8, 4) is 0 Å². The van der Waals surface area contributed by atoms with Crippen LogP contribution in [0.1, 0.15) is 5.69 Å². The fourth-order valence-electron chi connectivity index (χ4n) is 2.77. The summed E-state index contributed by atoms with van der Waals surface area (Å²) in [5, 5.41) is 4.79. The number of halogens is 2. The highest BCUT2D eigenvalue weighted by molar-refractivity contribution is 6.42. The Morgan fingerprint density at radius 1 is 1.14 bits per heavy atom. The molecule has 0 saturated heterocycles. The summed E-state index contributed by atoms with van der Waals surface area (Å²) in [5.41, 5.74) is 3.42. The van der Waals surface area contributed by atoms with E-state index < -0.39 is 0 Å². The minimum atomic E-state index is -0.330. The maximum atomic E-state index is 12.5. The molecule has 0 unspecified atom stereocenters. The first kappa shape index (κ1) is 20.8. The van der Waals surface area contributed by atoms with E-state index in [1.807, 2.05) is 55.4 Å². The van der Waals surface area contributed by atoms with E-state index in [9.17, 15) is 4.79 Å². The van der Waals surface area contributed by atoms with Gasteiger partial charge in [-0.1, -0.05) is 35.3 Å². The zero-order valence-electron chi connectivity index (χ0n) is 16.3. The Balaban J connectivity index is 1.74. The largest absolute Gasteiger partial charge is 0.491 e. The number of rotatable bonds is 6. The van der Waals surface area contributed by atoms with Gasteiger partial charge in [0.2, 0.25) is 0 Å². The lowest BCUT2D eigenvalue weighted by Gasteiger charge is -2.14. The number of nitrogens with zero attached hydrogens (tertiary/aromatic N) is 1. The van der Waals surface area contributed by atoms with E-state index in [1.165, 1.54) is 7.11 Å². The molecule has 2 aromatic carbocycles. The smallest absolute Gasteiger partial charge is 0.290 e. The topological polar surface area (TPSA) is 57.4 Å². The van der Waals surface area contributed by atoms with Crippen LogP contribution in [0.3, 0.4) is 0 Å². The summed E-state index contributed by atoms with van der Waals surface area (Å²) in [4.78, 5) is 17.7. The summed E-state index contributed by atoms with van der Waals surface area (Å²) in [6.07, 6.45) is 5.18. The number of hydrogen-bond acceptors (Lipinski definition) is 3. The van der Waals surface area contributed by atoms with Crippen molar-refractivity contribution in [2.24, 2.45) is 0 Å². The number of aromatic amines is 1. The number of allylic oxidation sites excluding steroid dienone is 2. The minimum absolute atomic E-state index is 0.193. The van der Waals surface area contributed by atoms with Crippen molar-refractivity contribution in [2.75, 3.05) is 31.4 Å². The highest BCUT2D eigenvalue weighted by atomic mass is 35.5. The lowest BCUT2D eigenvalue weighted by Crippen LogP contribution is -2.16. The van der Waals surface area contributed by atoms with Crippen LogP contribution >= 0.6 is 23.2 Å². The van der Waals surface area contributed by atoms with Crippen molar-refractivity contribution >= 4 is 57.5 Å². The van der Waals surface area contributed by atoms with Crippen molar-refractivity contribution in [1.29, 1.82) is 0 Å². The first-order chi connectivity index (χ1) is 13.9. The lowest BCUT2D eigenvalue weighted by atomic mass is 10.2. The molecule has 0 bridgehead atoms. The normalized spacial score (nSPS) is 11.8. The number of methoxy groups -OCH3 is 1. The summed E-state index contributed by atoms with van der Waals surface area (Å²) in [5.74, 6) is -0.137. The number of aromatic nitrogens is 1. The monoisotopic (exact) mass is 429 g/mol. The van der Waals surface area contributed by atoms with E-state index in [0.29, 0.717) is 15.7 Å². The first-order valence-corrected chi connectivity index (χ1v) is 9.62. The van der Waals surface area contributed by atoms with Gasteiger partial charge < -0.3 is 19.9 Å². The number of anilines is 2. The number of hydrogen-bond donors (Lipinski definition) is 2. The molecule has 0 radical (unpaired) electrons. The quantitative estimate of drug-likeness (QED) is 0.299. The predicted molar refractivity (Wildman–Crippen MR) is 122 cm³/mol. The van der Waals surface area contributed by atoms with Crippen molar-refractivity contribution < 1.29 is 9.53 Å². The molecule has 0 aliphatic rings. The van der Waals surface area contributed by atoms with Crippen molar-refractivity contribution in [1.82, 2.24) is 4.98 Å². The van der Waals surface area contributed by atoms with Gasteiger partial charge in [-0.25, -0.2) is 0 Å². The Morgan fingerprint density at radius 2 is 1.90 bits per heavy atom. The third-order valence-corrected chi connectivity index (χ3v) is 4.99. The molecule has 0 atom stereocenters. The highest BCUT2D eigenvalue weighted by Gasteiger charge is 2.10. The van der Waals surface area contributed by atoms with E-state index in [0.717, 1.165) is 22.3 Å². The number of amides is 1. The second-order valence-corrected chi connectivity index (χ2v) is 7.39. The molecule has 0 aliphatic heterocycles. The fourth-order valence-corrected chi connectivity index (χ4v) is 3.10.